The van der Waals surface area contributed by atoms with Crippen molar-refractivity contribution < 1.29 is 22.3 Å². The van der Waals surface area contributed by atoms with Gasteiger partial charge in [-0.05, 0) is 47.7 Å². The molecular formula is C22H28FN3O4S. The maximum Gasteiger partial charge on any atom is 0.282 e. The van der Waals surface area contributed by atoms with Gasteiger partial charge in [0.25, 0.3) is 10.2 Å². The molecule has 2 heterocycles. The molecule has 2 saturated heterocycles. The van der Waals surface area contributed by atoms with E-state index in [0.29, 0.717) is 51.6 Å². The summed E-state index contributed by atoms with van der Waals surface area (Å²) in [7, 11) is -3.66. The van der Waals surface area contributed by atoms with Gasteiger partial charge in [-0.15, -0.1) is 0 Å². The van der Waals surface area contributed by atoms with E-state index < -0.39 is 10.2 Å². The van der Waals surface area contributed by atoms with Crippen LogP contribution in [0.2, 0.25) is 0 Å². The van der Waals surface area contributed by atoms with Crippen molar-refractivity contribution in [1.29, 1.82) is 0 Å². The molecule has 2 fully saturated rings. The summed E-state index contributed by atoms with van der Waals surface area (Å²) >= 11 is 0. The Labute approximate surface area is 182 Å². The molecule has 0 saturated carbocycles. The van der Waals surface area contributed by atoms with Gasteiger partial charge in [-0.2, -0.15) is 17.0 Å². The number of ether oxygens (including phenoxy) is 2. The first kappa shape index (κ1) is 22.2. The van der Waals surface area contributed by atoms with Crippen LogP contribution in [0.15, 0.2) is 48.5 Å². The van der Waals surface area contributed by atoms with Crippen LogP contribution in [0.25, 0.3) is 0 Å². The standard InChI is InChI=1S/C22H28FN3O4S/c23-20-6-4-18(5-7-20)19-13-21(16-30-22-3-1-2-17(12-22)14-24)26(15-19)31(27,28)25-8-10-29-11-9-25/h1-7,12,19,21H,8-11,13-16,24H2/t19-,21-/m1/s1. The van der Waals surface area contributed by atoms with Crippen molar-refractivity contribution in [2.45, 2.75) is 24.9 Å². The fourth-order valence-corrected chi connectivity index (χ4v) is 5.98. The predicted molar refractivity (Wildman–Crippen MR) is 115 cm³/mol. The molecule has 0 spiro atoms. The lowest BCUT2D eigenvalue weighted by Gasteiger charge is -2.32. The molecule has 0 bridgehead atoms. The highest BCUT2D eigenvalue weighted by Crippen LogP contribution is 2.35. The summed E-state index contributed by atoms with van der Waals surface area (Å²) < 4.78 is 54.5. The molecule has 2 aromatic rings. The van der Waals surface area contributed by atoms with Crippen molar-refractivity contribution in [2.24, 2.45) is 5.73 Å². The molecule has 0 radical (unpaired) electrons. The van der Waals surface area contributed by atoms with E-state index in [2.05, 4.69) is 0 Å². The second-order valence-corrected chi connectivity index (χ2v) is 9.77. The van der Waals surface area contributed by atoms with E-state index in [1.807, 2.05) is 24.3 Å². The second kappa shape index (κ2) is 9.62. The van der Waals surface area contributed by atoms with E-state index >= 15 is 0 Å². The molecule has 9 heteroatoms. The van der Waals surface area contributed by atoms with Gasteiger partial charge in [-0.1, -0.05) is 24.3 Å². The number of benzene rings is 2. The molecule has 2 aliphatic heterocycles. The molecule has 0 unspecified atom stereocenters. The minimum atomic E-state index is -3.66. The summed E-state index contributed by atoms with van der Waals surface area (Å²) in [6, 6.07) is 13.5. The first-order valence-electron chi connectivity index (χ1n) is 10.5. The Morgan fingerprint density at radius 2 is 1.87 bits per heavy atom. The van der Waals surface area contributed by atoms with Crippen molar-refractivity contribution in [1.82, 2.24) is 8.61 Å². The van der Waals surface area contributed by atoms with Crippen molar-refractivity contribution >= 4 is 10.2 Å². The Balaban J connectivity index is 1.55. The maximum absolute atomic E-state index is 13.4. The highest BCUT2D eigenvalue weighted by Gasteiger charge is 2.43. The normalized spacial score (nSPS) is 23.2. The third-order valence-corrected chi connectivity index (χ3v) is 7.93. The third kappa shape index (κ3) is 5.07. The van der Waals surface area contributed by atoms with Crippen LogP contribution in [0.5, 0.6) is 5.75 Å². The van der Waals surface area contributed by atoms with E-state index in [1.165, 1.54) is 16.4 Å². The Bertz CT molecular complexity index is 981. The zero-order valence-electron chi connectivity index (χ0n) is 17.3. The second-order valence-electron chi connectivity index (χ2n) is 7.89. The van der Waals surface area contributed by atoms with Crippen molar-refractivity contribution in [3.8, 4) is 5.75 Å². The number of halogens is 1. The van der Waals surface area contributed by atoms with Crippen LogP contribution in [0.3, 0.4) is 0 Å². The largest absolute Gasteiger partial charge is 0.492 e. The monoisotopic (exact) mass is 449 g/mol. The summed E-state index contributed by atoms with van der Waals surface area (Å²) in [6.07, 6.45) is 0.603. The average molecular weight is 450 g/mol. The zero-order chi connectivity index (χ0) is 21.8. The van der Waals surface area contributed by atoms with E-state index in [1.54, 1.807) is 16.4 Å². The molecule has 2 aromatic carbocycles. The lowest BCUT2D eigenvalue weighted by Crippen LogP contribution is -2.51. The average Bonchev–Trinajstić information content (AvgIpc) is 3.24. The molecule has 2 aliphatic rings. The first-order chi connectivity index (χ1) is 15.0. The minimum Gasteiger partial charge on any atom is -0.492 e. The van der Waals surface area contributed by atoms with Gasteiger partial charge in [0.2, 0.25) is 0 Å². The SMILES string of the molecule is NCc1cccc(OC[C@H]2C[C@@H](c3ccc(F)cc3)CN2S(=O)(=O)N2CCOCC2)c1. The van der Waals surface area contributed by atoms with Crippen molar-refractivity contribution in [3.63, 3.8) is 0 Å². The van der Waals surface area contributed by atoms with Gasteiger partial charge in [0, 0.05) is 26.2 Å². The van der Waals surface area contributed by atoms with Gasteiger partial charge >= 0.3 is 0 Å². The van der Waals surface area contributed by atoms with Crippen LogP contribution in [0.1, 0.15) is 23.5 Å². The lowest BCUT2D eigenvalue weighted by atomic mass is 9.96. The molecule has 0 amide bonds. The van der Waals surface area contributed by atoms with Gasteiger partial charge in [-0.3, -0.25) is 0 Å². The minimum absolute atomic E-state index is 0.0274. The Morgan fingerprint density at radius 3 is 2.58 bits per heavy atom. The van der Waals surface area contributed by atoms with Crippen molar-refractivity contribution in [3.05, 3.63) is 65.5 Å². The first-order valence-corrected chi connectivity index (χ1v) is 11.9. The van der Waals surface area contributed by atoms with E-state index in [9.17, 15) is 12.8 Å². The lowest BCUT2D eigenvalue weighted by molar-refractivity contribution is 0.0693. The molecule has 7 nitrogen and oxygen atoms in total. The van der Waals surface area contributed by atoms with Crippen LogP contribution >= 0.6 is 0 Å². The Hall–Kier alpha value is -2.04. The highest BCUT2D eigenvalue weighted by atomic mass is 32.2. The van der Waals surface area contributed by atoms with E-state index in [-0.39, 0.29) is 24.4 Å². The number of hydrogen-bond acceptors (Lipinski definition) is 5. The number of nitrogens with two attached hydrogens (primary N) is 1. The summed E-state index contributed by atoms with van der Waals surface area (Å²) in [5.41, 5.74) is 7.58. The summed E-state index contributed by atoms with van der Waals surface area (Å²) in [5, 5.41) is 0. The number of hydrogen-bond donors (Lipinski definition) is 1. The number of rotatable bonds is 7. The van der Waals surface area contributed by atoms with Crippen LogP contribution < -0.4 is 10.5 Å². The van der Waals surface area contributed by atoms with Gasteiger partial charge in [-0.25, -0.2) is 4.39 Å². The van der Waals surface area contributed by atoms with Crippen LogP contribution in [0.4, 0.5) is 4.39 Å². The molecule has 2 atom stereocenters. The fourth-order valence-electron chi connectivity index (χ4n) is 4.18. The molecule has 0 aromatic heterocycles. The number of nitrogens with zero attached hydrogens (tertiary/aromatic N) is 2. The zero-order valence-corrected chi connectivity index (χ0v) is 18.1. The summed E-state index contributed by atoms with van der Waals surface area (Å²) in [5.74, 6) is 0.330. The molecular weight excluding hydrogens is 421 g/mol. The fraction of sp³-hybridized carbons (Fsp3) is 0.455. The van der Waals surface area contributed by atoms with Gasteiger partial charge < -0.3 is 15.2 Å². The van der Waals surface area contributed by atoms with Gasteiger partial charge in [0.15, 0.2) is 0 Å². The molecule has 0 aliphatic carbocycles. The van der Waals surface area contributed by atoms with Crippen LogP contribution in [-0.4, -0.2) is 62.5 Å². The maximum atomic E-state index is 13.4. The Kier molecular flexibility index (Phi) is 6.88. The van der Waals surface area contributed by atoms with E-state index in [0.717, 1.165) is 11.1 Å². The molecule has 168 valence electrons. The number of morpholine rings is 1. The van der Waals surface area contributed by atoms with Crippen LogP contribution in [-0.2, 0) is 21.5 Å². The van der Waals surface area contributed by atoms with Gasteiger partial charge in [0.05, 0.1) is 19.3 Å². The van der Waals surface area contributed by atoms with Crippen molar-refractivity contribution in [2.75, 3.05) is 39.5 Å². The van der Waals surface area contributed by atoms with E-state index in [4.69, 9.17) is 15.2 Å². The molecule has 2 N–H and O–H groups in total. The Morgan fingerprint density at radius 1 is 1.13 bits per heavy atom. The third-order valence-electron chi connectivity index (χ3n) is 5.87. The molecule has 31 heavy (non-hydrogen) atoms. The topological polar surface area (TPSA) is 85.1 Å². The predicted octanol–water partition coefficient (Wildman–Crippen LogP) is 2.10. The van der Waals surface area contributed by atoms with Crippen LogP contribution in [0, 0.1) is 5.82 Å². The summed E-state index contributed by atoms with van der Waals surface area (Å²) in [4.78, 5) is 0. The smallest absolute Gasteiger partial charge is 0.282 e. The molecule has 4 rings (SSSR count). The highest BCUT2D eigenvalue weighted by molar-refractivity contribution is 7.86. The quantitative estimate of drug-likeness (QED) is 0.700. The summed E-state index contributed by atoms with van der Waals surface area (Å²) in [6.45, 7) is 2.43. The van der Waals surface area contributed by atoms with Gasteiger partial charge in [0.1, 0.15) is 18.2 Å².